The number of anilines is 4. The van der Waals surface area contributed by atoms with E-state index in [2.05, 4.69) is 37.1 Å². The average Bonchev–Trinajstić information content (AvgIpc) is 3.70. The van der Waals surface area contributed by atoms with Gasteiger partial charge in [-0.1, -0.05) is 6.58 Å². The summed E-state index contributed by atoms with van der Waals surface area (Å²) < 4.78 is 18.3. The van der Waals surface area contributed by atoms with Crippen molar-refractivity contribution in [3.8, 4) is 17.3 Å². The highest BCUT2D eigenvalue weighted by Crippen LogP contribution is 2.38. The SMILES string of the molecule is C=CC(=O)Nc1cc(Nc2nccc(-n3ncc4cc(OCCOC)ccc43)n2)c(OC)cc1N(C)CCN1CCCC1. The Hall–Kier alpha value is -4.68. The van der Waals surface area contributed by atoms with E-state index in [-0.39, 0.29) is 5.91 Å². The molecular weight excluding hydrogens is 548 g/mol. The number of fused-ring (bicyclic) bond motifs is 1. The lowest BCUT2D eigenvalue weighted by molar-refractivity contribution is -0.111. The van der Waals surface area contributed by atoms with E-state index in [4.69, 9.17) is 19.2 Å². The largest absolute Gasteiger partial charge is 0.494 e. The van der Waals surface area contributed by atoms with Gasteiger partial charge in [0.25, 0.3) is 0 Å². The number of nitrogens with one attached hydrogen (secondary N) is 2. The monoisotopic (exact) mass is 586 g/mol. The zero-order chi connectivity index (χ0) is 30.2. The molecule has 1 aliphatic rings. The van der Waals surface area contributed by atoms with E-state index >= 15 is 0 Å². The molecule has 226 valence electrons. The van der Waals surface area contributed by atoms with Crippen LogP contribution in [0.3, 0.4) is 0 Å². The predicted molar refractivity (Wildman–Crippen MR) is 168 cm³/mol. The van der Waals surface area contributed by atoms with Crippen molar-refractivity contribution in [1.29, 1.82) is 0 Å². The van der Waals surface area contributed by atoms with Crippen molar-refractivity contribution < 1.29 is 19.0 Å². The zero-order valence-electron chi connectivity index (χ0n) is 24.9. The summed E-state index contributed by atoms with van der Waals surface area (Å²) >= 11 is 0. The van der Waals surface area contributed by atoms with Gasteiger partial charge >= 0.3 is 0 Å². The number of ether oxygens (including phenoxy) is 3. The Labute approximate surface area is 251 Å². The molecule has 5 rings (SSSR count). The van der Waals surface area contributed by atoms with Gasteiger partial charge in [-0.05, 0) is 56.3 Å². The number of amides is 1. The van der Waals surface area contributed by atoms with Gasteiger partial charge in [-0.3, -0.25) is 4.79 Å². The third kappa shape index (κ3) is 7.22. The van der Waals surface area contributed by atoms with Crippen LogP contribution in [-0.2, 0) is 9.53 Å². The maximum Gasteiger partial charge on any atom is 0.247 e. The predicted octanol–water partition coefficient (Wildman–Crippen LogP) is 4.25. The second-order valence-electron chi connectivity index (χ2n) is 10.2. The molecule has 0 saturated carbocycles. The molecule has 1 saturated heterocycles. The summed E-state index contributed by atoms with van der Waals surface area (Å²) in [4.78, 5) is 26.1. The van der Waals surface area contributed by atoms with E-state index in [1.54, 1.807) is 37.4 Å². The molecule has 0 bridgehead atoms. The molecule has 2 aromatic carbocycles. The molecular formula is C31H38N8O4. The average molecular weight is 587 g/mol. The Morgan fingerprint density at radius 1 is 1.12 bits per heavy atom. The number of carbonyl (C=O) groups excluding carboxylic acids is 1. The van der Waals surface area contributed by atoms with E-state index in [1.165, 1.54) is 18.9 Å². The number of likely N-dealkylation sites (tertiary alicyclic amines) is 1. The van der Waals surface area contributed by atoms with Crippen molar-refractivity contribution in [3.63, 3.8) is 0 Å². The van der Waals surface area contributed by atoms with Crippen molar-refractivity contribution in [3.05, 3.63) is 61.4 Å². The van der Waals surface area contributed by atoms with Gasteiger partial charge in [-0.2, -0.15) is 10.1 Å². The standard InChI is InChI=1S/C31H38N8O4/c1-5-30(40)34-24-19-25(28(42-4)20-27(24)37(2)14-15-38-12-6-7-13-38)35-31-32-11-10-29(36-31)39-26-9-8-23(43-17-16-41-3)18-22(26)21-33-39/h5,8-11,18-21H,1,6-7,12-17H2,2-4H3,(H,34,40)(H,32,35,36). The van der Waals surface area contributed by atoms with Gasteiger partial charge in [0.15, 0.2) is 5.82 Å². The topological polar surface area (TPSA) is 119 Å². The molecule has 1 aliphatic heterocycles. The smallest absolute Gasteiger partial charge is 0.247 e. The molecule has 43 heavy (non-hydrogen) atoms. The van der Waals surface area contributed by atoms with Crippen LogP contribution in [-0.4, -0.2) is 91.2 Å². The molecule has 1 fully saturated rings. The summed E-state index contributed by atoms with van der Waals surface area (Å²) in [6, 6.07) is 11.3. The Bertz CT molecular complexity index is 1570. The first-order chi connectivity index (χ1) is 21.0. The van der Waals surface area contributed by atoms with Gasteiger partial charge in [-0.15, -0.1) is 0 Å². The Balaban J connectivity index is 1.40. The lowest BCUT2D eigenvalue weighted by atomic mass is 10.2. The summed E-state index contributed by atoms with van der Waals surface area (Å²) in [7, 11) is 5.26. The molecule has 2 aromatic heterocycles. The molecule has 1 amide bonds. The van der Waals surface area contributed by atoms with Crippen molar-refractivity contribution in [2.75, 3.05) is 76.2 Å². The maximum atomic E-state index is 12.4. The van der Waals surface area contributed by atoms with E-state index in [1.807, 2.05) is 37.4 Å². The summed E-state index contributed by atoms with van der Waals surface area (Å²) in [6.07, 6.45) is 7.16. The minimum atomic E-state index is -0.304. The summed E-state index contributed by atoms with van der Waals surface area (Å²) in [6.45, 7) is 8.58. The number of nitrogens with zero attached hydrogens (tertiary/aromatic N) is 6. The fraction of sp³-hybridized carbons (Fsp3) is 0.355. The third-order valence-corrected chi connectivity index (χ3v) is 7.32. The molecule has 0 atom stereocenters. The minimum Gasteiger partial charge on any atom is -0.494 e. The van der Waals surface area contributed by atoms with Crippen LogP contribution >= 0.6 is 0 Å². The summed E-state index contributed by atoms with van der Waals surface area (Å²) in [5.41, 5.74) is 2.92. The van der Waals surface area contributed by atoms with E-state index in [0.29, 0.717) is 42.1 Å². The van der Waals surface area contributed by atoms with Crippen LogP contribution in [0.4, 0.5) is 23.0 Å². The minimum absolute atomic E-state index is 0.304. The summed E-state index contributed by atoms with van der Waals surface area (Å²) in [5.74, 6) is 1.94. The molecule has 12 nitrogen and oxygen atoms in total. The zero-order valence-corrected chi connectivity index (χ0v) is 24.9. The number of hydrogen-bond acceptors (Lipinski definition) is 10. The first-order valence-electron chi connectivity index (χ1n) is 14.3. The maximum absolute atomic E-state index is 12.4. The van der Waals surface area contributed by atoms with Gasteiger partial charge < -0.3 is 34.6 Å². The Morgan fingerprint density at radius 3 is 2.72 bits per heavy atom. The van der Waals surface area contributed by atoms with Crippen LogP contribution < -0.4 is 25.0 Å². The molecule has 0 aliphatic carbocycles. The summed E-state index contributed by atoms with van der Waals surface area (Å²) in [5, 5.41) is 11.7. The van der Waals surface area contributed by atoms with E-state index < -0.39 is 0 Å². The highest BCUT2D eigenvalue weighted by atomic mass is 16.5. The Kier molecular flexibility index (Phi) is 9.70. The van der Waals surface area contributed by atoms with Gasteiger partial charge in [0.05, 0.1) is 42.5 Å². The van der Waals surface area contributed by atoms with Crippen LogP contribution in [0, 0.1) is 0 Å². The number of carbonyl (C=O) groups is 1. The number of likely N-dealkylation sites (N-methyl/N-ethyl adjacent to an activating group) is 1. The number of benzene rings is 2. The van der Waals surface area contributed by atoms with Crippen molar-refractivity contribution in [2.45, 2.75) is 12.8 Å². The second-order valence-corrected chi connectivity index (χ2v) is 10.2. The van der Waals surface area contributed by atoms with Crippen LogP contribution in [0.5, 0.6) is 11.5 Å². The number of methoxy groups -OCH3 is 2. The van der Waals surface area contributed by atoms with Gasteiger partial charge in [0.1, 0.15) is 18.1 Å². The lowest BCUT2D eigenvalue weighted by Crippen LogP contribution is -2.32. The van der Waals surface area contributed by atoms with Crippen molar-refractivity contribution in [2.24, 2.45) is 0 Å². The highest BCUT2D eigenvalue weighted by Gasteiger charge is 2.18. The van der Waals surface area contributed by atoms with E-state index in [9.17, 15) is 4.79 Å². The quantitative estimate of drug-likeness (QED) is 0.164. The van der Waals surface area contributed by atoms with Crippen LogP contribution in [0.25, 0.3) is 16.7 Å². The molecule has 0 unspecified atom stereocenters. The van der Waals surface area contributed by atoms with Crippen LogP contribution in [0.1, 0.15) is 12.8 Å². The number of aromatic nitrogens is 4. The molecule has 3 heterocycles. The number of hydrogen-bond donors (Lipinski definition) is 2. The second kappa shape index (κ2) is 14.0. The first kappa shape index (κ1) is 29.8. The first-order valence-corrected chi connectivity index (χ1v) is 14.3. The fourth-order valence-corrected chi connectivity index (χ4v) is 5.03. The van der Waals surface area contributed by atoms with E-state index in [0.717, 1.165) is 48.5 Å². The van der Waals surface area contributed by atoms with Crippen molar-refractivity contribution >= 4 is 39.8 Å². The normalized spacial score (nSPS) is 13.2. The van der Waals surface area contributed by atoms with Crippen molar-refractivity contribution in [1.82, 2.24) is 24.6 Å². The number of rotatable bonds is 14. The molecule has 0 radical (unpaired) electrons. The fourth-order valence-electron chi connectivity index (χ4n) is 5.03. The molecule has 2 N–H and O–H groups in total. The Morgan fingerprint density at radius 2 is 1.95 bits per heavy atom. The molecule has 12 heteroatoms. The van der Waals surface area contributed by atoms with Gasteiger partial charge in [0, 0.05) is 51.0 Å². The molecule has 4 aromatic rings. The van der Waals surface area contributed by atoms with Gasteiger partial charge in [-0.25, -0.2) is 9.67 Å². The van der Waals surface area contributed by atoms with Gasteiger partial charge in [0.2, 0.25) is 11.9 Å². The molecule has 0 spiro atoms. The third-order valence-electron chi connectivity index (χ3n) is 7.32. The van der Waals surface area contributed by atoms with Crippen LogP contribution in [0.2, 0.25) is 0 Å². The van der Waals surface area contributed by atoms with Crippen LogP contribution in [0.15, 0.2) is 61.4 Å². The lowest BCUT2D eigenvalue weighted by Gasteiger charge is -2.26. The highest BCUT2D eigenvalue weighted by molar-refractivity contribution is 6.02.